The highest BCUT2D eigenvalue weighted by molar-refractivity contribution is 7.10. The first-order valence-electron chi connectivity index (χ1n) is 12.1. The van der Waals surface area contributed by atoms with Crippen molar-refractivity contribution in [1.29, 1.82) is 0 Å². The third kappa shape index (κ3) is 5.88. The molecule has 37 heavy (non-hydrogen) atoms. The SMILES string of the molecule is CC(C)(C)OC(=O)C[C@@]1(c2nc(-c3ccccc3Cl)cs2)C(=O)NC[C@@H](O)[C@@H](O)C[C@H]1c1ccccc1. The van der Waals surface area contributed by atoms with Crippen molar-refractivity contribution in [3.8, 4) is 11.3 Å². The number of aromatic nitrogens is 1. The Kier molecular flexibility index (Phi) is 8.04. The summed E-state index contributed by atoms with van der Waals surface area (Å²) in [5, 5.41) is 26.8. The van der Waals surface area contributed by atoms with Crippen molar-refractivity contribution in [1.82, 2.24) is 10.3 Å². The van der Waals surface area contributed by atoms with Crippen LogP contribution in [0.15, 0.2) is 60.0 Å². The molecule has 0 spiro atoms. The minimum Gasteiger partial charge on any atom is -0.460 e. The van der Waals surface area contributed by atoms with E-state index in [1.807, 2.05) is 53.9 Å². The van der Waals surface area contributed by atoms with Gasteiger partial charge < -0.3 is 20.3 Å². The number of β-amino-alcohol motifs (C(OH)–C–C–N with tert-alkyl or cyclic N) is 1. The fraction of sp³-hybridized carbons (Fsp3) is 0.393. The molecule has 1 aliphatic heterocycles. The number of aliphatic hydroxyl groups is 2. The number of aliphatic hydroxyl groups excluding tert-OH is 2. The number of carbonyl (C=O) groups is 2. The lowest BCUT2D eigenvalue weighted by Gasteiger charge is -2.41. The molecule has 1 aromatic heterocycles. The van der Waals surface area contributed by atoms with Gasteiger partial charge in [0.2, 0.25) is 5.91 Å². The van der Waals surface area contributed by atoms with E-state index in [0.717, 1.165) is 5.56 Å². The molecule has 1 aliphatic rings. The van der Waals surface area contributed by atoms with Crippen molar-refractivity contribution < 1.29 is 24.5 Å². The van der Waals surface area contributed by atoms with Crippen molar-refractivity contribution in [3.05, 3.63) is 75.6 Å². The largest absolute Gasteiger partial charge is 0.460 e. The smallest absolute Gasteiger partial charge is 0.307 e. The highest BCUT2D eigenvalue weighted by Gasteiger charge is 2.54. The monoisotopic (exact) mass is 542 g/mol. The van der Waals surface area contributed by atoms with E-state index >= 15 is 0 Å². The fourth-order valence-corrected chi connectivity index (χ4v) is 6.06. The van der Waals surface area contributed by atoms with Crippen LogP contribution in [0.4, 0.5) is 0 Å². The normalized spacial score (nSPS) is 24.6. The lowest BCUT2D eigenvalue weighted by atomic mass is 9.66. The van der Waals surface area contributed by atoms with Gasteiger partial charge in [0.25, 0.3) is 0 Å². The second-order valence-corrected chi connectivity index (χ2v) is 11.6. The van der Waals surface area contributed by atoms with Crippen LogP contribution in [0.5, 0.6) is 0 Å². The lowest BCUT2D eigenvalue weighted by molar-refractivity contribution is -0.159. The fourth-order valence-electron chi connectivity index (χ4n) is 4.76. The van der Waals surface area contributed by atoms with Crippen molar-refractivity contribution in [2.24, 2.45) is 0 Å². The molecule has 4 atom stereocenters. The topological polar surface area (TPSA) is 109 Å². The summed E-state index contributed by atoms with van der Waals surface area (Å²) in [4.78, 5) is 32.3. The molecule has 196 valence electrons. The first-order chi connectivity index (χ1) is 17.5. The van der Waals surface area contributed by atoms with E-state index in [-0.39, 0.29) is 19.4 Å². The van der Waals surface area contributed by atoms with Gasteiger partial charge in [0.05, 0.1) is 24.3 Å². The van der Waals surface area contributed by atoms with Crippen LogP contribution in [0.3, 0.4) is 0 Å². The van der Waals surface area contributed by atoms with Gasteiger partial charge in [-0.2, -0.15) is 0 Å². The zero-order valence-electron chi connectivity index (χ0n) is 21.0. The van der Waals surface area contributed by atoms with Gasteiger partial charge in [-0.15, -0.1) is 11.3 Å². The quantitative estimate of drug-likeness (QED) is 0.411. The van der Waals surface area contributed by atoms with Crippen LogP contribution in [0.25, 0.3) is 11.3 Å². The third-order valence-electron chi connectivity index (χ3n) is 6.47. The summed E-state index contributed by atoms with van der Waals surface area (Å²) in [6.45, 7) is 5.15. The summed E-state index contributed by atoms with van der Waals surface area (Å²) in [7, 11) is 0. The molecule has 2 heterocycles. The van der Waals surface area contributed by atoms with Gasteiger partial charge in [-0.25, -0.2) is 4.98 Å². The molecule has 3 aromatic rings. The van der Waals surface area contributed by atoms with Crippen LogP contribution in [-0.2, 0) is 19.7 Å². The molecule has 7 nitrogen and oxygen atoms in total. The number of hydrogen-bond donors (Lipinski definition) is 3. The highest BCUT2D eigenvalue weighted by atomic mass is 35.5. The standard InChI is InChI=1S/C28H31ClN2O5S/c1-27(2,3)36-24(34)14-28(26-31-21(16-37-26)18-11-7-8-12-20(18)29)19(17-9-5-4-6-10-17)13-22(32)23(33)15-30-25(28)35/h4-12,16,19,22-23,32-33H,13-15H2,1-3H3,(H,30,35)/t19-,22-,23+,28-/m0/s1. The van der Waals surface area contributed by atoms with E-state index < -0.39 is 41.0 Å². The zero-order valence-corrected chi connectivity index (χ0v) is 22.6. The first kappa shape index (κ1) is 27.3. The molecule has 1 saturated heterocycles. The van der Waals surface area contributed by atoms with Crippen LogP contribution >= 0.6 is 22.9 Å². The van der Waals surface area contributed by atoms with Crippen LogP contribution in [-0.4, -0.2) is 51.4 Å². The van der Waals surface area contributed by atoms with E-state index in [9.17, 15) is 19.8 Å². The van der Waals surface area contributed by atoms with Gasteiger partial charge in [0, 0.05) is 28.4 Å². The number of rotatable bonds is 5. The van der Waals surface area contributed by atoms with Gasteiger partial charge in [0.15, 0.2) is 0 Å². The molecule has 0 radical (unpaired) electrons. The number of thiazole rings is 1. The summed E-state index contributed by atoms with van der Waals surface area (Å²) >= 11 is 7.69. The van der Waals surface area contributed by atoms with Crippen molar-refractivity contribution >= 4 is 34.8 Å². The zero-order chi connectivity index (χ0) is 26.8. The number of nitrogens with one attached hydrogen (secondary N) is 1. The van der Waals surface area contributed by atoms with Gasteiger partial charge in [-0.3, -0.25) is 9.59 Å². The molecule has 1 amide bonds. The predicted octanol–water partition coefficient (Wildman–Crippen LogP) is 4.46. The number of halogens is 1. The minimum atomic E-state index is -1.50. The Hall–Kier alpha value is -2.78. The summed E-state index contributed by atoms with van der Waals surface area (Å²) in [5.41, 5.74) is -0.244. The maximum Gasteiger partial charge on any atom is 0.307 e. The number of benzene rings is 2. The Morgan fingerprint density at radius 3 is 2.49 bits per heavy atom. The van der Waals surface area contributed by atoms with E-state index in [1.165, 1.54) is 11.3 Å². The molecule has 0 saturated carbocycles. The Balaban J connectivity index is 1.93. The molecule has 0 aliphatic carbocycles. The Bertz CT molecular complexity index is 1260. The van der Waals surface area contributed by atoms with Crippen LogP contribution in [0.2, 0.25) is 5.02 Å². The number of carbonyl (C=O) groups excluding carboxylic acids is 2. The highest BCUT2D eigenvalue weighted by Crippen LogP contribution is 2.48. The molecule has 0 bridgehead atoms. The predicted molar refractivity (Wildman–Crippen MR) is 144 cm³/mol. The van der Waals surface area contributed by atoms with E-state index in [0.29, 0.717) is 21.3 Å². The number of amides is 1. The average molecular weight is 543 g/mol. The van der Waals surface area contributed by atoms with Gasteiger partial charge in [-0.1, -0.05) is 60.1 Å². The van der Waals surface area contributed by atoms with Crippen LogP contribution in [0, 0.1) is 0 Å². The number of ether oxygens (including phenoxy) is 1. The van der Waals surface area contributed by atoms with E-state index in [1.54, 1.807) is 26.8 Å². The van der Waals surface area contributed by atoms with Crippen LogP contribution in [0.1, 0.15) is 50.1 Å². The van der Waals surface area contributed by atoms with E-state index in [4.69, 9.17) is 21.3 Å². The molecule has 9 heteroatoms. The second-order valence-electron chi connectivity index (χ2n) is 10.3. The first-order valence-corrected chi connectivity index (χ1v) is 13.4. The number of nitrogens with zero attached hydrogens (tertiary/aromatic N) is 1. The maximum absolute atomic E-state index is 14.1. The van der Waals surface area contributed by atoms with Gasteiger partial charge >= 0.3 is 5.97 Å². The maximum atomic E-state index is 14.1. The lowest BCUT2D eigenvalue weighted by Crippen LogP contribution is -2.56. The van der Waals surface area contributed by atoms with Crippen molar-refractivity contribution in [2.45, 2.75) is 62.8 Å². The summed E-state index contributed by atoms with van der Waals surface area (Å²) in [6.07, 6.45) is -2.53. The second kappa shape index (κ2) is 10.9. The van der Waals surface area contributed by atoms with E-state index in [2.05, 4.69) is 5.32 Å². The Morgan fingerprint density at radius 1 is 1.14 bits per heavy atom. The summed E-state index contributed by atoms with van der Waals surface area (Å²) in [6, 6.07) is 16.5. The molecule has 1 fully saturated rings. The Labute approximate surface area is 225 Å². The number of hydrogen-bond acceptors (Lipinski definition) is 7. The molecule has 2 aromatic carbocycles. The minimum absolute atomic E-state index is 0.0441. The van der Waals surface area contributed by atoms with Crippen molar-refractivity contribution in [3.63, 3.8) is 0 Å². The van der Waals surface area contributed by atoms with Gasteiger partial charge in [0.1, 0.15) is 16.0 Å². The molecule has 0 unspecified atom stereocenters. The van der Waals surface area contributed by atoms with Crippen LogP contribution < -0.4 is 5.32 Å². The molecule has 3 N–H and O–H groups in total. The average Bonchev–Trinajstić information content (AvgIpc) is 3.33. The molecular weight excluding hydrogens is 512 g/mol. The molecule has 4 rings (SSSR count). The van der Waals surface area contributed by atoms with Crippen molar-refractivity contribution in [2.75, 3.05) is 6.54 Å². The van der Waals surface area contributed by atoms with Gasteiger partial charge in [-0.05, 0) is 38.8 Å². The Morgan fingerprint density at radius 2 is 1.81 bits per heavy atom. The summed E-state index contributed by atoms with van der Waals surface area (Å²) in [5.74, 6) is -1.71. The summed E-state index contributed by atoms with van der Waals surface area (Å²) < 4.78 is 5.68. The number of esters is 1. The third-order valence-corrected chi connectivity index (χ3v) is 7.82. The molecular formula is C28H31ClN2O5S.